The van der Waals surface area contributed by atoms with E-state index in [1.807, 2.05) is 0 Å². The fraction of sp³-hybridized carbons (Fsp3) is 0.308. The summed E-state index contributed by atoms with van der Waals surface area (Å²) >= 11 is 6.02. The molecule has 8 heteroatoms. The van der Waals surface area contributed by atoms with Gasteiger partial charge < -0.3 is 5.32 Å². The van der Waals surface area contributed by atoms with E-state index in [0.717, 1.165) is 12.3 Å². The van der Waals surface area contributed by atoms with Gasteiger partial charge in [0.1, 0.15) is 17.2 Å². The van der Waals surface area contributed by atoms with E-state index in [-0.39, 0.29) is 0 Å². The average molecular weight is 317 g/mol. The molecule has 1 N–H and O–H groups in total. The average Bonchev–Trinajstić information content (AvgIpc) is 2.43. The first-order valence-electron chi connectivity index (χ1n) is 6.11. The fourth-order valence-electron chi connectivity index (χ4n) is 1.63. The number of nitrogens with zero attached hydrogens (tertiary/aromatic N) is 3. The van der Waals surface area contributed by atoms with Crippen LogP contribution in [0.5, 0.6) is 0 Å². The van der Waals surface area contributed by atoms with Crippen molar-refractivity contribution < 1.29 is 13.2 Å². The van der Waals surface area contributed by atoms with Gasteiger partial charge in [0.25, 0.3) is 0 Å². The van der Waals surface area contributed by atoms with Crippen LogP contribution in [0.25, 0.3) is 0 Å². The number of aromatic nitrogens is 3. The maximum atomic E-state index is 12.4. The van der Waals surface area contributed by atoms with Gasteiger partial charge in [0, 0.05) is 24.9 Å². The minimum atomic E-state index is -4.37. The van der Waals surface area contributed by atoms with Gasteiger partial charge in [-0.3, -0.25) is 4.98 Å². The van der Waals surface area contributed by atoms with Crippen molar-refractivity contribution >= 4 is 17.4 Å². The predicted molar refractivity (Wildman–Crippen MR) is 73.2 cm³/mol. The molecule has 0 amide bonds. The zero-order chi connectivity index (χ0) is 15.5. The van der Waals surface area contributed by atoms with Crippen molar-refractivity contribution in [2.24, 2.45) is 0 Å². The van der Waals surface area contributed by atoms with Crippen LogP contribution in [0.3, 0.4) is 0 Å². The van der Waals surface area contributed by atoms with Crippen LogP contribution < -0.4 is 5.32 Å². The Kier molecular flexibility index (Phi) is 4.62. The maximum absolute atomic E-state index is 12.4. The molecule has 0 unspecified atom stereocenters. The van der Waals surface area contributed by atoms with Crippen molar-refractivity contribution in [3.05, 3.63) is 46.6 Å². The molecule has 0 atom stereocenters. The second-order valence-electron chi connectivity index (χ2n) is 4.33. The molecule has 0 fully saturated rings. The van der Waals surface area contributed by atoms with Crippen molar-refractivity contribution in [1.82, 2.24) is 15.0 Å². The van der Waals surface area contributed by atoms with E-state index in [9.17, 15) is 13.2 Å². The number of rotatable bonds is 4. The zero-order valence-electron chi connectivity index (χ0n) is 11.1. The highest BCUT2D eigenvalue weighted by atomic mass is 35.5. The van der Waals surface area contributed by atoms with Crippen LogP contribution in [-0.4, -0.2) is 21.5 Å². The van der Waals surface area contributed by atoms with E-state index >= 15 is 0 Å². The molecule has 0 spiro atoms. The first-order chi connectivity index (χ1) is 9.88. The molecule has 21 heavy (non-hydrogen) atoms. The van der Waals surface area contributed by atoms with Crippen LogP contribution in [0.1, 0.15) is 17.0 Å². The van der Waals surface area contributed by atoms with Crippen LogP contribution in [0, 0.1) is 6.92 Å². The number of alkyl halides is 3. The number of hydrogen-bond donors (Lipinski definition) is 1. The van der Waals surface area contributed by atoms with E-state index in [0.29, 0.717) is 35.2 Å². The van der Waals surface area contributed by atoms with Crippen molar-refractivity contribution in [1.29, 1.82) is 0 Å². The van der Waals surface area contributed by atoms with Gasteiger partial charge in [0.2, 0.25) is 0 Å². The Balaban J connectivity index is 1.93. The van der Waals surface area contributed by atoms with E-state index < -0.39 is 11.7 Å². The summed E-state index contributed by atoms with van der Waals surface area (Å²) in [6, 6.07) is 2.38. The van der Waals surface area contributed by atoms with Crippen molar-refractivity contribution in [3.63, 3.8) is 0 Å². The number of hydrogen-bond acceptors (Lipinski definition) is 4. The molecule has 0 saturated heterocycles. The Morgan fingerprint density at radius 2 is 1.95 bits per heavy atom. The molecule has 112 valence electrons. The number of halogens is 4. The van der Waals surface area contributed by atoms with Crippen LogP contribution in [0.15, 0.2) is 24.7 Å². The Morgan fingerprint density at radius 1 is 1.19 bits per heavy atom. The van der Waals surface area contributed by atoms with E-state index in [4.69, 9.17) is 11.6 Å². The van der Waals surface area contributed by atoms with Crippen LogP contribution in [0.2, 0.25) is 5.02 Å². The van der Waals surface area contributed by atoms with Crippen molar-refractivity contribution in [2.75, 3.05) is 11.9 Å². The zero-order valence-corrected chi connectivity index (χ0v) is 11.8. The summed E-state index contributed by atoms with van der Waals surface area (Å²) in [4.78, 5) is 11.7. The minimum Gasteiger partial charge on any atom is -0.368 e. The molecule has 0 saturated carbocycles. The first kappa shape index (κ1) is 15.5. The highest BCUT2D eigenvalue weighted by Gasteiger charge is 2.30. The molecule has 0 bridgehead atoms. The molecule has 0 aromatic carbocycles. The van der Waals surface area contributed by atoms with Crippen LogP contribution in [-0.2, 0) is 12.6 Å². The van der Waals surface area contributed by atoms with Gasteiger partial charge in [-0.2, -0.15) is 13.2 Å². The molecule has 0 aliphatic rings. The van der Waals surface area contributed by atoms with Gasteiger partial charge in [-0.15, -0.1) is 0 Å². The summed E-state index contributed by atoms with van der Waals surface area (Å²) in [5, 5.41) is 3.43. The lowest BCUT2D eigenvalue weighted by molar-refractivity contribution is -0.137. The summed E-state index contributed by atoms with van der Waals surface area (Å²) in [6.07, 6.45) is -1.69. The van der Waals surface area contributed by atoms with E-state index in [2.05, 4.69) is 20.3 Å². The SMILES string of the molecule is Cc1ncnc(NCCc2ccc(C(F)(F)F)cn2)c1Cl. The van der Waals surface area contributed by atoms with Gasteiger partial charge in [0.05, 0.1) is 11.3 Å². The smallest absolute Gasteiger partial charge is 0.368 e. The molecule has 4 nitrogen and oxygen atoms in total. The second kappa shape index (κ2) is 6.26. The van der Waals surface area contributed by atoms with Crippen LogP contribution in [0.4, 0.5) is 19.0 Å². The molecule has 0 aliphatic carbocycles. The molecule has 0 aliphatic heterocycles. The Labute approximate surface area is 124 Å². The number of pyridine rings is 1. The first-order valence-corrected chi connectivity index (χ1v) is 6.49. The molecule has 2 heterocycles. The van der Waals surface area contributed by atoms with Gasteiger partial charge in [-0.25, -0.2) is 9.97 Å². The third-order valence-electron chi connectivity index (χ3n) is 2.79. The quantitative estimate of drug-likeness (QED) is 0.938. The summed E-state index contributed by atoms with van der Waals surface area (Å²) in [5.74, 6) is 0.496. The molecule has 2 aromatic heterocycles. The number of aryl methyl sites for hydroxylation is 1. The Bertz CT molecular complexity index is 614. The molecule has 2 aromatic rings. The summed E-state index contributed by atoms with van der Waals surface area (Å²) in [7, 11) is 0. The molecule has 0 radical (unpaired) electrons. The molecular formula is C13H12ClF3N4. The lowest BCUT2D eigenvalue weighted by Gasteiger charge is -2.09. The van der Waals surface area contributed by atoms with E-state index in [1.165, 1.54) is 12.4 Å². The number of anilines is 1. The highest BCUT2D eigenvalue weighted by Crippen LogP contribution is 2.28. The van der Waals surface area contributed by atoms with Crippen LogP contribution >= 0.6 is 11.6 Å². The van der Waals surface area contributed by atoms with Gasteiger partial charge in [-0.1, -0.05) is 11.6 Å². The lowest BCUT2D eigenvalue weighted by Crippen LogP contribution is -2.10. The van der Waals surface area contributed by atoms with Crippen molar-refractivity contribution in [2.45, 2.75) is 19.5 Å². The van der Waals surface area contributed by atoms with Crippen molar-refractivity contribution in [3.8, 4) is 0 Å². The van der Waals surface area contributed by atoms with Gasteiger partial charge >= 0.3 is 6.18 Å². The predicted octanol–water partition coefficient (Wildman–Crippen LogP) is 3.51. The summed E-state index contributed by atoms with van der Waals surface area (Å²) in [6.45, 7) is 2.21. The topological polar surface area (TPSA) is 50.7 Å². The monoisotopic (exact) mass is 316 g/mol. The largest absolute Gasteiger partial charge is 0.417 e. The third kappa shape index (κ3) is 4.04. The normalized spacial score (nSPS) is 11.5. The van der Waals surface area contributed by atoms with Gasteiger partial charge in [0.15, 0.2) is 0 Å². The Morgan fingerprint density at radius 3 is 2.57 bits per heavy atom. The standard InChI is InChI=1S/C13H12ClF3N4/c1-8-11(14)12(21-7-20-8)18-5-4-10-3-2-9(6-19-10)13(15,16)17/h2-3,6-7H,4-5H2,1H3,(H,18,20,21). The fourth-order valence-corrected chi connectivity index (χ4v) is 1.79. The van der Waals surface area contributed by atoms with Gasteiger partial charge in [-0.05, 0) is 19.1 Å². The lowest BCUT2D eigenvalue weighted by atomic mass is 10.2. The van der Waals surface area contributed by atoms with E-state index in [1.54, 1.807) is 6.92 Å². The summed E-state index contributed by atoms with van der Waals surface area (Å²) < 4.78 is 37.2. The summed E-state index contributed by atoms with van der Waals surface area (Å²) in [5.41, 5.74) is 0.452. The molecular weight excluding hydrogens is 305 g/mol. The second-order valence-corrected chi connectivity index (χ2v) is 4.71. The Hall–Kier alpha value is -1.89. The molecule has 2 rings (SSSR count). The maximum Gasteiger partial charge on any atom is 0.417 e. The third-order valence-corrected chi connectivity index (χ3v) is 3.24. The number of nitrogens with one attached hydrogen (secondary N) is 1. The highest BCUT2D eigenvalue weighted by molar-refractivity contribution is 6.33. The minimum absolute atomic E-state index is 0.429.